The summed E-state index contributed by atoms with van der Waals surface area (Å²) in [7, 11) is 0. The summed E-state index contributed by atoms with van der Waals surface area (Å²) < 4.78 is 12.6. The molecule has 0 N–H and O–H groups in total. The number of hydrogen-bond donors (Lipinski definition) is 0. The Morgan fingerprint density at radius 2 is 0.920 bits per heavy atom. The lowest BCUT2D eigenvalue weighted by Crippen LogP contribution is -2.25. The number of fused-ring (bicyclic) bond motifs is 2. The SMILES string of the molecule is CC(C)(C)Oc1c(C(C)(C)C)ccc2nc(-c3ccccc3)ncc12.CC(C)(C)Oc1ccc2nc(-c3ccccc3)ncc2c1C(C)(C)C. The van der Waals surface area contributed by atoms with Gasteiger partial charge in [0.05, 0.1) is 16.4 Å². The molecule has 0 aliphatic rings. The van der Waals surface area contributed by atoms with Gasteiger partial charge in [0.1, 0.15) is 22.7 Å². The van der Waals surface area contributed by atoms with E-state index in [1.54, 1.807) is 0 Å². The van der Waals surface area contributed by atoms with E-state index in [0.29, 0.717) is 0 Å². The van der Waals surface area contributed by atoms with Gasteiger partial charge >= 0.3 is 0 Å². The minimum Gasteiger partial charge on any atom is -0.488 e. The fourth-order valence-electron chi connectivity index (χ4n) is 5.81. The summed E-state index contributed by atoms with van der Waals surface area (Å²) in [6, 6.07) is 28.4. The molecule has 0 bridgehead atoms. The molecule has 2 heterocycles. The molecule has 50 heavy (non-hydrogen) atoms. The predicted molar refractivity (Wildman–Crippen MR) is 208 cm³/mol. The lowest BCUT2D eigenvalue weighted by Gasteiger charge is -2.29. The molecule has 0 fully saturated rings. The Labute approximate surface area is 298 Å². The van der Waals surface area contributed by atoms with Crippen molar-refractivity contribution in [2.24, 2.45) is 0 Å². The highest BCUT2D eigenvalue weighted by Crippen LogP contribution is 2.40. The quantitative estimate of drug-likeness (QED) is 0.186. The Bertz CT molecular complexity index is 2080. The first-order chi connectivity index (χ1) is 23.3. The smallest absolute Gasteiger partial charge is 0.159 e. The average Bonchev–Trinajstić information content (AvgIpc) is 3.03. The van der Waals surface area contributed by atoms with Crippen molar-refractivity contribution in [3.63, 3.8) is 0 Å². The molecule has 0 radical (unpaired) electrons. The molecule has 260 valence electrons. The van der Waals surface area contributed by atoms with E-state index in [9.17, 15) is 0 Å². The molecule has 0 atom stereocenters. The highest BCUT2D eigenvalue weighted by Gasteiger charge is 2.27. The summed E-state index contributed by atoms with van der Waals surface area (Å²) in [4.78, 5) is 18.8. The highest BCUT2D eigenvalue weighted by molar-refractivity contribution is 5.88. The number of nitrogens with zero attached hydrogens (tertiary/aromatic N) is 4. The van der Waals surface area contributed by atoms with Crippen LogP contribution in [-0.4, -0.2) is 31.1 Å². The van der Waals surface area contributed by atoms with Gasteiger partial charge < -0.3 is 9.47 Å². The van der Waals surface area contributed by atoms with Crippen LogP contribution in [0.2, 0.25) is 0 Å². The second-order valence-electron chi connectivity index (χ2n) is 16.8. The van der Waals surface area contributed by atoms with Crippen LogP contribution in [0, 0.1) is 0 Å². The van der Waals surface area contributed by atoms with Gasteiger partial charge in [0.25, 0.3) is 0 Å². The van der Waals surface area contributed by atoms with Crippen molar-refractivity contribution in [2.75, 3.05) is 0 Å². The van der Waals surface area contributed by atoms with Gasteiger partial charge in [-0.2, -0.15) is 0 Å². The number of aromatic nitrogens is 4. The molecule has 0 spiro atoms. The molecule has 0 aliphatic carbocycles. The minimum atomic E-state index is -0.285. The van der Waals surface area contributed by atoms with Crippen molar-refractivity contribution in [3.05, 3.63) is 108 Å². The summed E-state index contributed by atoms with van der Waals surface area (Å²) in [5.74, 6) is 3.27. The normalized spacial score (nSPS) is 12.4. The van der Waals surface area contributed by atoms with E-state index >= 15 is 0 Å². The summed E-state index contributed by atoms with van der Waals surface area (Å²) in [6.45, 7) is 25.6. The Kier molecular flexibility index (Phi) is 10.1. The molecule has 0 saturated heterocycles. The molecule has 6 heteroatoms. The third kappa shape index (κ3) is 8.84. The van der Waals surface area contributed by atoms with E-state index in [-0.39, 0.29) is 22.0 Å². The molecule has 6 rings (SSSR count). The van der Waals surface area contributed by atoms with Crippen molar-refractivity contribution < 1.29 is 9.47 Å². The van der Waals surface area contributed by atoms with E-state index in [1.165, 1.54) is 5.56 Å². The van der Waals surface area contributed by atoms with Gasteiger partial charge in [0, 0.05) is 40.0 Å². The highest BCUT2D eigenvalue weighted by atomic mass is 16.5. The van der Waals surface area contributed by atoms with Crippen molar-refractivity contribution in [1.82, 2.24) is 19.9 Å². The summed E-state index contributed by atoms with van der Waals surface area (Å²) in [6.07, 6.45) is 3.82. The predicted octanol–water partition coefficient (Wildman–Crippen LogP) is 11.5. The van der Waals surface area contributed by atoms with E-state index in [4.69, 9.17) is 19.4 Å². The van der Waals surface area contributed by atoms with E-state index in [2.05, 4.69) is 105 Å². The van der Waals surface area contributed by atoms with Crippen LogP contribution in [0.3, 0.4) is 0 Å². The number of benzene rings is 4. The molecular weight excluding hydrogens is 617 g/mol. The number of hydrogen-bond acceptors (Lipinski definition) is 6. The first-order valence-corrected chi connectivity index (χ1v) is 17.4. The largest absolute Gasteiger partial charge is 0.488 e. The lowest BCUT2D eigenvalue weighted by atomic mass is 9.84. The van der Waals surface area contributed by atoms with Crippen LogP contribution in [0.1, 0.15) is 94.2 Å². The monoisotopic (exact) mass is 668 g/mol. The topological polar surface area (TPSA) is 70.0 Å². The summed E-state index contributed by atoms with van der Waals surface area (Å²) in [5.41, 5.74) is 5.58. The standard InChI is InChI=1S/2C22H26N2O/c1-21(2,3)17-12-13-18-16(19(17)25-22(4,5)6)14-23-20(24-18)15-10-8-7-9-11-15;1-21(2,3)19-16-14-23-20(15-10-8-7-9-11-15)24-17(16)12-13-18(19)25-22(4,5)6/h2*7-14H,1-6H3. The Morgan fingerprint density at radius 1 is 0.460 bits per heavy atom. The fraction of sp³-hybridized carbons (Fsp3) is 0.364. The number of ether oxygens (including phenoxy) is 2. The molecule has 6 aromatic rings. The van der Waals surface area contributed by atoms with Crippen LogP contribution >= 0.6 is 0 Å². The molecular formula is C44H52N4O2. The molecule has 2 aromatic heterocycles. The first kappa shape index (κ1) is 36.4. The van der Waals surface area contributed by atoms with Crippen molar-refractivity contribution in [2.45, 2.75) is 105 Å². The molecule has 0 saturated carbocycles. The van der Waals surface area contributed by atoms with Gasteiger partial charge in [0.2, 0.25) is 0 Å². The van der Waals surface area contributed by atoms with Gasteiger partial charge in [-0.05, 0) is 70.6 Å². The van der Waals surface area contributed by atoms with Crippen LogP contribution in [-0.2, 0) is 10.8 Å². The third-order valence-corrected chi connectivity index (χ3v) is 7.89. The van der Waals surface area contributed by atoms with Gasteiger partial charge in [-0.25, -0.2) is 19.9 Å². The second-order valence-corrected chi connectivity index (χ2v) is 16.8. The molecule has 0 aliphatic heterocycles. The van der Waals surface area contributed by atoms with Crippen LogP contribution < -0.4 is 9.47 Å². The molecule has 6 nitrogen and oxygen atoms in total. The molecule has 4 aromatic carbocycles. The Morgan fingerprint density at radius 3 is 1.38 bits per heavy atom. The number of rotatable bonds is 4. The van der Waals surface area contributed by atoms with E-state index in [0.717, 1.165) is 61.6 Å². The van der Waals surface area contributed by atoms with E-state index in [1.807, 2.05) is 85.2 Å². The Balaban J connectivity index is 0.000000194. The van der Waals surface area contributed by atoms with E-state index < -0.39 is 0 Å². The fourth-order valence-corrected chi connectivity index (χ4v) is 5.81. The second kappa shape index (κ2) is 13.8. The van der Waals surface area contributed by atoms with Gasteiger partial charge in [-0.3, -0.25) is 0 Å². The zero-order valence-electron chi connectivity index (χ0n) is 31.8. The van der Waals surface area contributed by atoms with Crippen LogP contribution in [0.25, 0.3) is 44.6 Å². The van der Waals surface area contributed by atoms with Gasteiger partial charge in [0.15, 0.2) is 11.6 Å². The third-order valence-electron chi connectivity index (χ3n) is 7.89. The summed E-state index contributed by atoms with van der Waals surface area (Å²) in [5, 5.41) is 2.01. The van der Waals surface area contributed by atoms with Crippen molar-refractivity contribution in [1.29, 1.82) is 0 Å². The van der Waals surface area contributed by atoms with Gasteiger partial charge in [-0.15, -0.1) is 0 Å². The van der Waals surface area contributed by atoms with Crippen LogP contribution in [0.5, 0.6) is 11.5 Å². The summed E-state index contributed by atoms with van der Waals surface area (Å²) >= 11 is 0. The minimum absolute atomic E-state index is 0.0210. The van der Waals surface area contributed by atoms with Crippen molar-refractivity contribution >= 4 is 21.8 Å². The maximum absolute atomic E-state index is 6.34. The average molecular weight is 669 g/mol. The molecule has 0 unspecified atom stereocenters. The van der Waals surface area contributed by atoms with Gasteiger partial charge in [-0.1, -0.05) is 108 Å². The van der Waals surface area contributed by atoms with Crippen molar-refractivity contribution in [3.8, 4) is 34.3 Å². The zero-order valence-corrected chi connectivity index (χ0v) is 31.8. The maximum atomic E-state index is 6.34. The maximum Gasteiger partial charge on any atom is 0.159 e. The van der Waals surface area contributed by atoms with Crippen LogP contribution in [0.15, 0.2) is 97.3 Å². The first-order valence-electron chi connectivity index (χ1n) is 17.4. The zero-order chi connectivity index (χ0) is 36.5. The molecule has 0 amide bonds. The lowest BCUT2D eigenvalue weighted by molar-refractivity contribution is 0.128. The van der Waals surface area contributed by atoms with Crippen LogP contribution in [0.4, 0.5) is 0 Å². The Hall–Kier alpha value is -4.84.